The highest BCUT2D eigenvalue weighted by atomic mass is 19.4. The molecule has 2 aromatic carbocycles. The van der Waals surface area contributed by atoms with E-state index in [4.69, 9.17) is 4.52 Å². The molecule has 1 amide bonds. The molecule has 0 aliphatic carbocycles. The fraction of sp³-hybridized carbons (Fsp3) is 0.238. The first-order valence-corrected chi connectivity index (χ1v) is 8.82. The first-order chi connectivity index (χ1) is 13.4. The summed E-state index contributed by atoms with van der Waals surface area (Å²) in [7, 11) is 0. The molecule has 1 aromatic heterocycles. The third-order valence-electron chi connectivity index (χ3n) is 4.31. The molecule has 4 nitrogen and oxygen atoms in total. The summed E-state index contributed by atoms with van der Waals surface area (Å²) in [5, 5.41) is 6.55. The van der Waals surface area contributed by atoms with Gasteiger partial charge in [-0.15, -0.1) is 0 Å². The van der Waals surface area contributed by atoms with Gasteiger partial charge in [0, 0.05) is 12.1 Å². The normalized spacial score (nSPS) is 11.4. The van der Waals surface area contributed by atoms with Gasteiger partial charge in [-0.2, -0.15) is 13.2 Å². The molecule has 146 valence electrons. The van der Waals surface area contributed by atoms with E-state index in [1.54, 1.807) is 6.92 Å². The molecule has 28 heavy (non-hydrogen) atoms. The molecule has 0 atom stereocenters. The van der Waals surface area contributed by atoms with Gasteiger partial charge in [0.25, 0.3) is 5.91 Å². The van der Waals surface area contributed by atoms with Crippen LogP contribution in [0.1, 0.15) is 33.6 Å². The quantitative estimate of drug-likeness (QED) is 0.603. The number of aromatic nitrogens is 1. The summed E-state index contributed by atoms with van der Waals surface area (Å²) in [6.07, 6.45) is -2.94. The molecular formula is C21H19F3N2O2. The zero-order valence-corrected chi connectivity index (χ0v) is 15.2. The van der Waals surface area contributed by atoms with Crippen molar-refractivity contribution < 1.29 is 22.5 Å². The summed E-state index contributed by atoms with van der Waals surface area (Å²) in [5.41, 5.74) is 0.993. The molecule has 1 heterocycles. The van der Waals surface area contributed by atoms with E-state index in [0.29, 0.717) is 12.2 Å². The zero-order chi connectivity index (χ0) is 20.1. The molecule has 0 saturated carbocycles. The van der Waals surface area contributed by atoms with Gasteiger partial charge in [0.05, 0.1) is 11.3 Å². The van der Waals surface area contributed by atoms with Gasteiger partial charge in [-0.3, -0.25) is 4.79 Å². The van der Waals surface area contributed by atoms with Gasteiger partial charge in [0.1, 0.15) is 5.56 Å². The van der Waals surface area contributed by atoms with E-state index >= 15 is 0 Å². The van der Waals surface area contributed by atoms with Crippen LogP contribution >= 0.6 is 0 Å². The van der Waals surface area contributed by atoms with Crippen molar-refractivity contribution >= 4 is 5.91 Å². The van der Waals surface area contributed by atoms with E-state index < -0.39 is 17.6 Å². The number of aryl methyl sites for hydroxylation is 2. The number of halogens is 3. The minimum absolute atomic E-state index is 0.0316. The van der Waals surface area contributed by atoms with Gasteiger partial charge in [0.15, 0.2) is 5.76 Å². The Balaban J connectivity index is 1.71. The number of hydrogen-bond acceptors (Lipinski definition) is 3. The second-order valence-corrected chi connectivity index (χ2v) is 6.40. The fourth-order valence-electron chi connectivity index (χ4n) is 2.90. The maximum Gasteiger partial charge on any atom is 0.416 e. The molecule has 0 saturated heterocycles. The molecule has 1 N–H and O–H groups in total. The lowest BCUT2D eigenvalue weighted by Crippen LogP contribution is -2.25. The topological polar surface area (TPSA) is 55.1 Å². The number of alkyl halides is 3. The summed E-state index contributed by atoms with van der Waals surface area (Å²) in [6, 6.07) is 14.5. The summed E-state index contributed by atoms with van der Waals surface area (Å²) >= 11 is 0. The maximum atomic E-state index is 13.0. The summed E-state index contributed by atoms with van der Waals surface area (Å²) < 4.78 is 44.1. The Morgan fingerprint density at radius 2 is 1.86 bits per heavy atom. The van der Waals surface area contributed by atoms with Crippen molar-refractivity contribution in [2.24, 2.45) is 0 Å². The second kappa shape index (κ2) is 8.29. The summed E-state index contributed by atoms with van der Waals surface area (Å²) in [6.45, 7) is 2.01. The lowest BCUT2D eigenvalue weighted by atomic mass is 10.0. The Morgan fingerprint density at radius 1 is 1.11 bits per heavy atom. The lowest BCUT2D eigenvalue weighted by Gasteiger charge is -2.09. The minimum atomic E-state index is -4.48. The fourth-order valence-corrected chi connectivity index (χ4v) is 2.90. The van der Waals surface area contributed by atoms with Gasteiger partial charge in [-0.25, -0.2) is 0 Å². The molecule has 0 aliphatic rings. The standard InChI is InChI=1S/C21H19F3N2O2/c1-14-18(20(27)25-12-6-9-15-7-3-2-4-8-15)19(28-26-14)16-10-5-11-17(13-16)21(22,23)24/h2-5,7-8,10-11,13H,6,9,12H2,1H3,(H,25,27). The SMILES string of the molecule is Cc1noc(-c2cccc(C(F)(F)F)c2)c1C(=O)NCCCc1ccccc1. The first kappa shape index (κ1) is 19.7. The van der Waals surface area contributed by atoms with Crippen LogP contribution < -0.4 is 5.32 Å². The van der Waals surface area contributed by atoms with Crippen LogP contribution in [0.4, 0.5) is 13.2 Å². The van der Waals surface area contributed by atoms with Crippen molar-refractivity contribution in [2.45, 2.75) is 25.9 Å². The highest BCUT2D eigenvalue weighted by Gasteiger charge is 2.31. The van der Waals surface area contributed by atoms with Crippen molar-refractivity contribution in [3.05, 3.63) is 77.0 Å². The maximum absolute atomic E-state index is 13.0. The van der Waals surface area contributed by atoms with Crippen molar-refractivity contribution in [3.63, 3.8) is 0 Å². The summed E-state index contributed by atoms with van der Waals surface area (Å²) in [5.74, 6) is -0.386. The molecule has 0 bridgehead atoms. The van der Waals surface area contributed by atoms with E-state index in [1.807, 2.05) is 30.3 Å². The van der Waals surface area contributed by atoms with E-state index in [-0.39, 0.29) is 16.9 Å². The van der Waals surface area contributed by atoms with E-state index in [2.05, 4.69) is 10.5 Å². The number of nitrogens with zero attached hydrogens (tertiary/aromatic N) is 1. The number of rotatable bonds is 6. The Morgan fingerprint density at radius 3 is 2.57 bits per heavy atom. The number of benzene rings is 2. The van der Waals surface area contributed by atoms with Crippen LogP contribution in [0.25, 0.3) is 11.3 Å². The monoisotopic (exact) mass is 388 g/mol. The number of nitrogens with one attached hydrogen (secondary N) is 1. The molecule has 0 unspecified atom stereocenters. The molecule has 0 spiro atoms. The Hall–Kier alpha value is -3.09. The van der Waals surface area contributed by atoms with E-state index in [9.17, 15) is 18.0 Å². The smallest absolute Gasteiger partial charge is 0.355 e. The number of amides is 1. The van der Waals surface area contributed by atoms with Gasteiger partial charge in [0.2, 0.25) is 0 Å². The van der Waals surface area contributed by atoms with Crippen LogP contribution in [0.5, 0.6) is 0 Å². The van der Waals surface area contributed by atoms with Crippen LogP contribution in [0.15, 0.2) is 59.1 Å². The van der Waals surface area contributed by atoms with Crippen LogP contribution in [0, 0.1) is 6.92 Å². The number of hydrogen-bond donors (Lipinski definition) is 1. The molecule has 0 fully saturated rings. The third kappa shape index (κ3) is 4.60. The number of carbonyl (C=O) groups excluding carboxylic acids is 1. The van der Waals surface area contributed by atoms with Gasteiger partial charge in [-0.1, -0.05) is 47.6 Å². The predicted octanol–water partition coefficient (Wildman–Crippen LogP) is 5.03. The van der Waals surface area contributed by atoms with Crippen molar-refractivity contribution in [2.75, 3.05) is 6.54 Å². The minimum Gasteiger partial charge on any atom is -0.355 e. The molecule has 7 heteroatoms. The van der Waals surface area contributed by atoms with Crippen LogP contribution in [-0.4, -0.2) is 17.6 Å². The van der Waals surface area contributed by atoms with Crippen molar-refractivity contribution in [1.82, 2.24) is 10.5 Å². The molecule has 3 rings (SSSR count). The van der Waals surface area contributed by atoms with Gasteiger partial charge >= 0.3 is 6.18 Å². The Labute approximate surface area is 160 Å². The van der Waals surface area contributed by atoms with E-state index in [1.165, 1.54) is 17.7 Å². The van der Waals surface area contributed by atoms with Crippen LogP contribution in [0.3, 0.4) is 0 Å². The molecule has 0 radical (unpaired) electrons. The summed E-state index contributed by atoms with van der Waals surface area (Å²) in [4.78, 5) is 12.6. The molecule has 0 aliphatic heterocycles. The van der Waals surface area contributed by atoms with Crippen molar-refractivity contribution in [3.8, 4) is 11.3 Å². The molecule has 3 aromatic rings. The number of carbonyl (C=O) groups is 1. The Bertz CT molecular complexity index is 950. The van der Waals surface area contributed by atoms with Crippen LogP contribution in [0.2, 0.25) is 0 Å². The van der Waals surface area contributed by atoms with Crippen LogP contribution in [-0.2, 0) is 12.6 Å². The second-order valence-electron chi connectivity index (χ2n) is 6.40. The van der Waals surface area contributed by atoms with Gasteiger partial charge < -0.3 is 9.84 Å². The van der Waals surface area contributed by atoms with Gasteiger partial charge in [-0.05, 0) is 37.5 Å². The predicted molar refractivity (Wildman–Crippen MR) is 98.8 cm³/mol. The largest absolute Gasteiger partial charge is 0.416 e. The highest BCUT2D eigenvalue weighted by Crippen LogP contribution is 2.33. The van der Waals surface area contributed by atoms with E-state index in [0.717, 1.165) is 25.0 Å². The lowest BCUT2D eigenvalue weighted by molar-refractivity contribution is -0.137. The zero-order valence-electron chi connectivity index (χ0n) is 15.2. The third-order valence-corrected chi connectivity index (χ3v) is 4.31. The highest BCUT2D eigenvalue weighted by molar-refractivity contribution is 6.00. The average molecular weight is 388 g/mol. The Kier molecular flexibility index (Phi) is 5.82. The first-order valence-electron chi connectivity index (χ1n) is 8.82. The molecular weight excluding hydrogens is 369 g/mol. The van der Waals surface area contributed by atoms with Crippen molar-refractivity contribution in [1.29, 1.82) is 0 Å². The average Bonchev–Trinajstić information content (AvgIpc) is 3.07.